The van der Waals surface area contributed by atoms with Crippen LogP contribution in [0.2, 0.25) is 0 Å². The van der Waals surface area contributed by atoms with E-state index in [1.54, 1.807) is 23.5 Å². The number of benzene rings is 1. The predicted molar refractivity (Wildman–Crippen MR) is 87.9 cm³/mol. The fourth-order valence-electron chi connectivity index (χ4n) is 2.24. The number of halogens is 3. The van der Waals surface area contributed by atoms with Gasteiger partial charge in [-0.1, -0.05) is 19.1 Å². The van der Waals surface area contributed by atoms with Crippen LogP contribution in [0.25, 0.3) is 0 Å². The van der Waals surface area contributed by atoms with Crippen LogP contribution in [0.1, 0.15) is 23.8 Å². The molecule has 1 nitrogen and oxygen atoms in total. The van der Waals surface area contributed by atoms with Crippen molar-refractivity contribution in [2.75, 3.05) is 6.54 Å². The molecule has 21 heavy (non-hydrogen) atoms. The molecule has 0 aliphatic rings. The van der Waals surface area contributed by atoms with Crippen LogP contribution < -0.4 is 5.32 Å². The molecule has 0 aliphatic heterocycles. The van der Waals surface area contributed by atoms with Gasteiger partial charge in [0.2, 0.25) is 0 Å². The van der Waals surface area contributed by atoms with E-state index in [2.05, 4.69) is 34.2 Å². The lowest BCUT2D eigenvalue weighted by atomic mass is 10.0. The van der Waals surface area contributed by atoms with Crippen molar-refractivity contribution in [3.8, 4) is 0 Å². The summed E-state index contributed by atoms with van der Waals surface area (Å²) in [6, 6.07) is 8.56. The first kappa shape index (κ1) is 16.6. The summed E-state index contributed by atoms with van der Waals surface area (Å²) in [4.78, 5) is 1.23. The summed E-state index contributed by atoms with van der Waals surface area (Å²) >= 11 is 5.13. The predicted octanol–water partition coefficient (Wildman–Crippen LogP) is 4.94. The van der Waals surface area contributed by atoms with E-state index in [1.165, 1.54) is 4.88 Å². The van der Waals surface area contributed by atoms with Crippen molar-refractivity contribution >= 4 is 27.3 Å². The van der Waals surface area contributed by atoms with Crippen molar-refractivity contribution in [1.82, 2.24) is 5.32 Å². The molecule has 5 heteroatoms. The lowest BCUT2D eigenvalue weighted by molar-refractivity contribution is 0.469. The number of rotatable bonds is 7. The molecular weight excluding hydrogens is 356 g/mol. The minimum Gasteiger partial charge on any atom is -0.313 e. The summed E-state index contributed by atoms with van der Waals surface area (Å²) in [5, 5.41) is 3.42. The summed E-state index contributed by atoms with van der Waals surface area (Å²) in [5.74, 6) is -1.51. The molecule has 1 heterocycles. The van der Waals surface area contributed by atoms with Crippen LogP contribution in [0.3, 0.4) is 0 Å². The fraction of sp³-hybridized carbons (Fsp3) is 0.375. The fourth-order valence-corrected chi connectivity index (χ4v) is 3.80. The van der Waals surface area contributed by atoms with E-state index in [0.717, 1.165) is 29.2 Å². The molecule has 1 aromatic heterocycles. The second-order valence-corrected chi connectivity index (χ2v) is 7.53. The topological polar surface area (TPSA) is 12.0 Å². The molecule has 1 atom stereocenters. The van der Waals surface area contributed by atoms with Crippen molar-refractivity contribution < 1.29 is 8.78 Å². The molecule has 1 unspecified atom stereocenters. The molecule has 2 aromatic rings. The minimum absolute atomic E-state index is 0.104. The van der Waals surface area contributed by atoms with Crippen molar-refractivity contribution in [2.24, 2.45) is 0 Å². The standard InChI is InChI=1S/C16H18BrF2NS/c1-2-8-20-12(10-13-6-7-15(17)21-13)9-11-4-3-5-14(18)16(11)19/h3-7,12,20H,2,8-10H2,1H3. The van der Waals surface area contributed by atoms with Crippen LogP contribution in [-0.4, -0.2) is 12.6 Å². The average molecular weight is 374 g/mol. The molecule has 1 aromatic carbocycles. The molecule has 0 spiro atoms. The van der Waals surface area contributed by atoms with E-state index in [9.17, 15) is 8.78 Å². The van der Waals surface area contributed by atoms with E-state index in [1.807, 2.05) is 6.07 Å². The molecule has 1 N–H and O–H groups in total. The summed E-state index contributed by atoms with van der Waals surface area (Å²) < 4.78 is 28.2. The van der Waals surface area contributed by atoms with Crippen LogP contribution in [0.5, 0.6) is 0 Å². The zero-order valence-corrected chi connectivity index (χ0v) is 14.2. The van der Waals surface area contributed by atoms with Crippen LogP contribution in [0.15, 0.2) is 34.1 Å². The Morgan fingerprint density at radius 2 is 2.00 bits per heavy atom. The van der Waals surface area contributed by atoms with Gasteiger partial charge in [-0.15, -0.1) is 11.3 Å². The lowest BCUT2D eigenvalue weighted by Gasteiger charge is -2.18. The third-order valence-corrected chi connectivity index (χ3v) is 4.90. The molecule has 0 saturated carbocycles. The summed E-state index contributed by atoms with van der Waals surface area (Å²) in [6.07, 6.45) is 2.31. The largest absolute Gasteiger partial charge is 0.313 e. The Kier molecular flexibility index (Phi) is 6.33. The Hall–Kier alpha value is -0.780. The third-order valence-electron chi connectivity index (χ3n) is 3.26. The van der Waals surface area contributed by atoms with Gasteiger partial charge in [-0.05, 0) is 65.5 Å². The smallest absolute Gasteiger partial charge is 0.162 e. The first-order valence-corrected chi connectivity index (χ1v) is 8.61. The first-order valence-electron chi connectivity index (χ1n) is 7.00. The van der Waals surface area contributed by atoms with E-state index in [0.29, 0.717) is 12.0 Å². The minimum atomic E-state index is -0.777. The van der Waals surface area contributed by atoms with Crippen molar-refractivity contribution in [3.05, 3.63) is 56.2 Å². The van der Waals surface area contributed by atoms with Crippen LogP contribution >= 0.6 is 27.3 Å². The maximum Gasteiger partial charge on any atom is 0.162 e. The molecule has 0 saturated heterocycles. The van der Waals surface area contributed by atoms with E-state index in [-0.39, 0.29) is 6.04 Å². The molecule has 0 radical (unpaired) electrons. The van der Waals surface area contributed by atoms with Gasteiger partial charge in [0.15, 0.2) is 11.6 Å². The van der Waals surface area contributed by atoms with E-state index >= 15 is 0 Å². The summed E-state index contributed by atoms with van der Waals surface area (Å²) in [7, 11) is 0. The summed E-state index contributed by atoms with van der Waals surface area (Å²) in [5.41, 5.74) is 0.430. The number of hydrogen-bond acceptors (Lipinski definition) is 2. The molecule has 114 valence electrons. The van der Waals surface area contributed by atoms with E-state index in [4.69, 9.17) is 0 Å². The Morgan fingerprint density at radius 3 is 2.67 bits per heavy atom. The number of thiophene rings is 1. The van der Waals surface area contributed by atoms with Crippen molar-refractivity contribution in [1.29, 1.82) is 0 Å². The zero-order chi connectivity index (χ0) is 15.2. The van der Waals surface area contributed by atoms with Gasteiger partial charge in [0.05, 0.1) is 3.79 Å². The maximum absolute atomic E-state index is 13.8. The molecule has 0 fully saturated rings. The third kappa shape index (κ3) is 4.87. The van der Waals surface area contributed by atoms with Gasteiger partial charge >= 0.3 is 0 Å². The van der Waals surface area contributed by atoms with Crippen molar-refractivity contribution in [2.45, 2.75) is 32.2 Å². The normalized spacial score (nSPS) is 12.6. The highest BCUT2D eigenvalue weighted by atomic mass is 79.9. The van der Waals surface area contributed by atoms with Crippen molar-refractivity contribution in [3.63, 3.8) is 0 Å². The van der Waals surface area contributed by atoms with Gasteiger partial charge in [-0.3, -0.25) is 0 Å². The van der Waals surface area contributed by atoms with E-state index < -0.39 is 11.6 Å². The Morgan fingerprint density at radius 1 is 1.19 bits per heavy atom. The average Bonchev–Trinajstić information content (AvgIpc) is 2.86. The van der Waals surface area contributed by atoms with Gasteiger partial charge < -0.3 is 5.32 Å². The maximum atomic E-state index is 13.8. The monoisotopic (exact) mass is 373 g/mol. The highest BCUT2D eigenvalue weighted by molar-refractivity contribution is 9.11. The van der Waals surface area contributed by atoms with Gasteiger partial charge in [-0.25, -0.2) is 8.78 Å². The van der Waals surface area contributed by atoms with Crippen LogP contribution in [0, 0.1) is 11.6 Å². The molecule has 2 rings (SSSR count). The molecule has 0 aliphatic carbocycles. The van der Waals surface area contributed by atoms with Gasteiger partial charge in [0.1, 0.15) is 0 Å². The Bertz CT molecular complexity index is 585. The van der Waals surface area contributed by atoms with Crippen LogP contribution in [-0.2, 0) is 12.8 Å². The molecular formula is C16H18BrF2NS. The van der Waals surface area contributed by atoms with Crippen LogP contribution in [0.4, 0.5) is 8.78 Å². The molecule has 0 bridgehead atoms. The van der Waals surface area contributed by atoms with Gasteiger partial charge in [-0.2, -0.15) is 0 Å². The number of nitrogens with one attached hydrogen (secondary N) is 1. The summed E-state index contributed by atoms with van der Waals surface area (Å²) in [6.45, 7) is 2.96. The highest BCUT2D eigenvalue weighted by Crippen LogP contribution is 2.24. The van der Waals surface area contributed by atoms with Gasteiger partial charge in [0.25, 0.3) is 0 Å². The Labute approximate surface area is 136 Å². The first-order chi connectivity index (χ1) is 10.1. The Balaban J connectivity index is 2.10. The highest BCUT2D eigenvalue weighted by Gasteiger charge is 2.15. The second-order valence-electron chi connectivity index (χ2n) is 4.98. The molecule has 0 amide bonds. The zero-order valence-electron chi connectivity index (χ0n) is 11.8. The lowest BCUT2D eigenvalue weighted by Crippen LogP contribution is -2.34. The second kappa shape index (κ2) is 8.01. The van der Waals surface area contributed by atoms with Gasteiger partial charge in [0, 0.05) is 10.9 Å². The quantitative estimate of drug-likeness (QED) is 0.724. The number of hydrogen-bond donors (Lipinski definition) is 1. The SMILES string of the molecule is CCCNC(Cc1ccc(Br)s1)Cc1cccc(F)c1F.